The molecule has 0 bridgehead atoms. The number of phenols is 1. The predicted octanol–water partition coefficient (Wildman–Crippen LogP) is 7.75. The van der Waals surface area contributed by atoms with Crippen LogP contribution in [-0.4, -0.2) is 40.8 Å². The van der Waals surface area contributed by atoms with Crippen LogP contribution in [0.15, 0.2) is 42.0 Å². The summed E-state index contributed by atoms with van der Waals surface area (Å²) >= 11 is 0. The maximum atomic E-state index is 13.7. The van der Waals surface area contributed by atoms with Gasteiger partial charge in [-0.2, -0.15) is 0 Å². The van der Waals surface area contributed by atoms with E-state index in [9.17, 15) is 9.90 Å². The Labute approximate surface area is 229 Å². The molecule has 0 spiro atoms. The molecule has 206 valence electrons. The third kappa shape index (κ3) is 6.67. The Balaban J connectivity index is 1.96. The Bertz CT molecular complexity index is 1180. The number of rotatable bonds is 8. The number of para-hydroxylation sites is 1. The number of ether oxygens (including phenoxy) is 1. The van der Waals surface area contributed by atoms with Gasteiger partial charge in [0.15, 0.2) is 5.78 Å². The molecule has 1 saturated heterocycles. The Morgan fingerprint density at radius 3 is 2.21 bits per heavy atom. The van der Waals surface area contributed by atoms with E-state index in [2.05, 4.69) is 13.0 Å². The maximum Gasteiger partial charge on any atom is 0.182 e. The number of aromatic hydroxyl groups is 1. The zero-order valence-corrected chi connectivity index (χ0v) is 24.7. The van der Waals surface area contributed by atoms with Crippen molar-refractivity contribution in [1.29, 1.82) is 5.41 Å². The van der Waals surface area contributed by atoms with E-state index in [0.29, 0.717) is 17.9 Å². The van der Waals surface area contributed by atoms with Crippen molar-refractivity contribution < 1.29 is 14.6 Å². The quantitative estimate of drug-likeness (QED) is 0.350. The van der Waals surface area contributed by atoms with Crippen molar-refractivity contribution in [2.45, 2.75) is 92.1 Å². The zero-order valence-electron chi connectivity index (χ0n) is 24.7. The number of nitrogens with one attached hydrogen (secondary N) is 1. The number of nitrogens with zero attached hydrogens (tertiary/aromatic N) is 1. The van der Waals surface area contributed by atoms with E-state index in [1.165, 1.54) is 0 Å². The number of hydrogen-bond donors (Lipinski definition) is 2. The first kappa shape index (κ1) is 29.5. The minimum atomic E-state index is -0.311. The second kappa shape index (κ2) is 11.3. The standard InChI is InChI=1S/C33H46N2O3/c1-10-13-23-19-35(31(34)25(23)16-22-14-11-12-15-29(22)38-21(2)3)20-28(36)24-17-26(32(4,5)6)30(37)27(18-24)33(7,8)9/h11-12,14-18,21,23,34,37H,10,13,19-20H2,1-9H3. The third-order valence-electron chi connectivity index (χ3n) is 7.08. The number of likely N-dealkylation sites (tertiary alicyclic amines) is 1. The molecule has 1 unspecified atom stereocenters. The number of carbonyl (C=O) groups is 1. The zero-order chi connectivity index (χ0) is 28.4. The molecular weight excluding hydrogens is 472 g/mol. The molecule has 0 amide bonds. The van der Waals surface area contributed by atoms with E-state index < -0.39 is 0 Å². The van der Waals surface area contributed by atoms with E-state index in [1.54, 1.807) is 0 Å². The van der Waals surface area contributed by atoms with E-state index in [4.69, 9.17) is 10.1 Å². The van der Waals surface area contributed by atoms with Crippen molar-refractivity contribution in [3.05, 3.63) is 64.2 Å². The molecule has 0 aliphatic carbocycles. The number of carbonyl (C=O) groups excluding carboxylic acids is 1. The first-order chi connectivity index (χ1) is 17.6. The van der Waals surface area contributed by atoms with Crippen molar-refractivity contribution >= 4 is 17.7 Å². The van der Waals surface area contributed by atoms with Crippen LogP contribution in [0.1, 0.15) is 102 Å². The number of ketones is 1. The Morgan fingerprint density at radius 1 is 1.11 bits per heavy atom. The van der Waals surface area contributed by atoms with Crippen LogP contribution < -0.4 is 4.74 Å². The number of amidine groups is 1. The van der Waals surface area contributed by atoms with Crippen LogP contribution in [0.4, 0.5) is 0 Å². The molecule has 1 atom stereocenters. The summed E-state index contributed by atoms with van der Waals surface area (Å²) in [7, 11) is 0. The summed E-state index contributed by atoms with van der Waals surface area (Å²) in [6, 6.07) is 11.6. The van der Waals surface area contributed by atoms with Gasteiger partial charge in [-0.05, 0) is 60.9 Å². The lowest BCUT2D eigenvalue weighted by Gasteiger charge is -2.28. The largest absolute Gasteiger partial charge is 0.507 e. The molecule has 1 aliphatic rings. The van der Waals surface area contributed by atoms with Crippen molar-refractivity contribution in [1.82, 2.24) is 4.90 Å². The molecule has 0 saturated carbocycles. The van der Waals surface area contributed by atoms with Crippen molar-refractivity contribution in [2.75, 3.05) is 13.1 Å². The van der Waals surface area contributed by atoms with Gasteiger partial charge in [0.2, 0.25) is 0 Å². The molecule has 2 aromatic rings. The van der Waals surface area contributed by atoms with Crippen LogP contribution in [0.2, 0.25) is 0 Å². The lowest BCUT2D eigenvalue weighted by Crippen LogP contribution is -2.31. The monoisotopic (exact) mass is 518 g/mol. The average molecular weight is 519 g/mol. The highest BCUT2D eigenvalue weighted by Gasteiger charge is 2.34. The van der Waals surface area contributed by atoms with Gasteiger partial charge in [-0.25, -0.2) is 0 Å². The molecular formula is C33H46N2O3. The first-order valence-corrected chi connectivity index (χ1v) is 13.9. The van der Waals surface area contributed by atoms with Crippen LogP contribution in [0.25, 0.3) is 6.08 Å². The Kier molecular flexibility index (Phi) is 8.80. The van der Waals surface area contributed by atoms with Gasteiger partial charge >= 0.3 is 0 Å². The molecule has 2 aromatic carbocycles. The fraction of sp³-hybridized carbons (Fsp3) is 0.515. The SMILES string of the molecule is CCCC1CN(CC(=O)c2cc(C(C)(C)C)c(O)c(C(C)(C)C)c2)C(=N)C1=Cc1ccccc1OC(C)C. The second-order valence-corrected chi connectivity index (χ2v) is 12.9. The van der Waals surface area contributed by atoms with Crippen LogP contribution in [0.3, 0.4) is 0 Å². The Hall–Kier alpha value is -3.08. The van der Waals surface area contributed by atoms with Gasteiger partial charge in [0, 0.05) is 34.7 Å². The smallest absolute Gasteiger partial charge is 0.182 e. The lowest BCUT2D eigenvalue weighted by molar-refractivity contribution is 0.0963. The van der Waals surface area contributed by atoms with Gasteiger partial charge in [0.1, 0.15) is 17.3 Å². The van der Waals surface area contributed by atoms with Crippen LogP contribution >= 0.6 is 0 Å². The fourth-order valence-electron chi connectivity index (χ4n) is 5.09. The molecule has 5 heteroatoms. The summed E-state index contributed by atoms with van der Waals surface area (Å²) in [5.74, 6) is 1.63. The molecule has 1 fully saturated rings. The number of hydrogen-bond acceptors (Lipinski definition) is 4. The maximum absolute atomic E-state index is 13.7. The van der Waals surface area contributed by atoms with Crippen LogP contribution in [-0.2, 0) is 10.8 Å². The van der Waals surface area contributed by atoms with Crippen LogP contribution in [0.5, 0.6) is 11.5 Å². The van der Waals surface area contributed by atoms with E-state index in [-0.39, 0.29) is 40.9 Å². The van der Waals surface area contributed by atoms with Gasteiger partial charge in [-0.15, -0.1) is 0 Å². The first-order valence-electron chi connectivity index (χ1n) is 13.9. The number of Topliss-reactive ketones (excluding diaryl/α,β-unsaturated/α-hetero) is 1. The van der Waals surface area contributed by atoms with E-state index in [1.807, 2.05) is 96.7 Å². The second-order valence-electron chi connectivity index (χ2n) is 12.9. The number of benzene rings is 2. The summed E-state index contributed by atoms with van der Waals surface area (Å²) < 4.78 is 6.02. The van der Waals surface area contributed by atoms with E-state index in [0.717, 1.165) is 40.9 Å². The summed E-state index contributed by atoms with van der Waals surface area (Å²) in [6.07, 6.45) is 4.08. The Morgan fingerprint density at radius 2 is 1.68 bits per heavy atom. The lowest BCUT2D eigenvalue weighted by atomic mass is 9.78. The summed E-state index contributed by atoms with van der Waals surface area (Å²) in [6.45, 7) is 19.2. The van der Waals surface area contributed by atoms with Crippen molar-refractivity contribution in [3.8, 4) is 11.5 Å². The van der Waals surface area contributed by atoms with Crippen LogP contribution in [0, 0.1) is 11.3 Å². The molecule has 0 aromatic heterocycles. The number of phenolic OH excluding ortho intramolecular Hbond substituents is 1. The minimum Gasteiger partial charge on any atom is -0.507 e. The molecule has 3 rings (SSSR count). The van der Waals surface area contributed by atoms with Gasteiger partial charge in [-0.1, -0.05) is 73.1 Å². The summed E-state index contributed by atoms with van der Waals surface area (Å²) in [5.41, 5.74) is 3.43. The van der Waals surface area contributed by atoms with Gasteiger partial charge in [-0.3, -0.25) is 10.2 Å². The van der Waals surface area contributed by atoms with Gasteiger partial charge < -0.3 is 14.7 Å². The summed E-state index contributed by atoms with van der Waals surface area (Å²) in [5, 5.41) is 20.1. The van der Waals surface area contributed by atoms with Crippen molar-refractivity contribution in [3.63, 3.8) is 0 Å². The van der Waals surface area contributed by atoms with Crippen molar-refractivity contribution in [2.24, 2.45) is 5.92 Å². The highest BCUT2D eigenvalue weighted by atomic mass is 16.5. The summed E-state index contributed by atoms with van der Waals surface area (Å²) in [4.78, 5) is 15.6. The molecule has 1 heterocycles. The normalized spacial score (nSPS) is 17.5. The fourth-order valence-corrected chi connectivity index (χ4v) is 5.09. The van der Waals surface area contributed by atoms with E-state index >= 15 is 0 Å². The molecule has 0 radical (unpaired) electrons. The molecule has 2 N–H and O–H groups in total. The van der Waals surface area contributed by atoms with Gasteiger partial charge in [0.25, 0.3) is 0 Å². The minimum absolute atomic E-state index is 0.0363. The third-order valence-corrected chi connectivity index (χ3v) is 7.08. The molecule has 1 aliphatic heterocycles. The molecule has 5 nitrogen and oxygen atoms in total. The average Bonchev–Trinajstić information content (AvgIpc) is 3.07. The predicted molar refractivity (Wildman–Crippen MR) is 158 cm³/mol. The highest BCUT2D eigenvalue weighted by Crippen LogP contribution is 2.40. The molecule has 38 heavy (non-hydrogen) atoms. The highest BCUT2D eigenvalue weighted by molar-refractivity contribution is 6.06. The van der Waals surface area contributed by atoms with Gasteiger partial charge in [0.05, 0.1) is 12.6 Å². The topological polar surface area (TPSA) is 73.6 Å².